The van der Waals surface area contributed by atoms with Crippen molar-refractivity contribution in [3.63, 3.8) is 0 Å². The van der Waals surface area contributed by atoms with Gasteiger partial charge in [0, 0.05) is 22.9 Å². The standard InChI is InChI=1S/C14H20N4O2S/c1-9-7-10(15)5-6-11(9)21(19,20)18-13-8-12(16-17-13)14(2,3)4/h5-8H,15H2,1-4H3,(H2,16,17,18). The average Bonchev–Trinajstić information content (AvgIpc) is 2.75. The molecule has 2 aromatic rings. The van der Waals surface area contributed by atoms with Gasteiger partial charge in [0.1, 0.15) is 0 Å². The first kappa shape index (κ1) is 15.4. The number of nitrogens with one attached hydrogen (secondary N) is 2. The van der Waals surface area contributed by atoms with Crippen LogP contribution in [0.3, 0.4) is 0 Å². The minimum absolute atomic E-state index is 0.131. The van der Waals surface area contributed by atoms with Gasteiger partial charge in [0.25, 0.3) is 10.0 Å². The lowest BCUT2D eigenvalue weighted by Gasteiger charge is -2.14. The van der Waals surface area contributed by atoms with E-state index in [1.807, 2.05) is 20.8 Å². The molecule has 0 fully saturated rings. The number of nitrogen functional groups attached to an aromatic ring is 1. The Labute approximate surface area is 124 Å². The van der Waals surface area contributed by atoms with Gasteiger partial charge in [-0.15, -0.1) is 0 Å². The number of aryl methyl sites for hydroxylation is 1. The predicted octanol–water partition coefficient (Wildman–Crippen LogP) is 2.40. The van der Waals surface area contributed by atoms with Crippen molar-refractivity contribution < 1.29 is 8.42 Å². The van der Waals surface area contributed by atoms with Crippen LogP contribution in [-0.2, 0) is 15.4 Å². The quantitative estimate of drug-likeness (QED) is 0.758. The summed E-state index contributed by atoms with van der Waals surface area (Å²) in [7, 11) is -3.68. The monoisotopic (exact) mass is 308 g/mol. The number of nitrogens with two attached hydrogens (primary N) is 1. The topological polar surface area (TPSA) is 101 Å². The van der Waals surface area contributed by atoms with Crippen LogP contribution in [0.25, 0.3) is 0 Å². The van der Waals surface area contributed by atoms with Crippen LogP contribution in [0.2, 0.25) is 0 Å². The maximum atomic E-state index is 12.4. The molecular weight excluding hydrogens is 288 g/mol. The molecule has 0 saturated heterocycles. The molecule has 21 heavy (non-hydrogen) atoms. The fourth-order valence-electron chi connectivity index (χ4n) is 1.92. The Balaban J connectivity index is 2.31. The van der Waals surface area contributed by atoms with Crippen molar-refractivity contribution >= 4 is 21.5 Å². The van der Waals surface area contributed by atoms with E-state index in [1.165, 1.54) is 6.07 Å². The lowest BCUT2D eigenvalue weighted by Crippen LogP contribution is -2.14. The molecule has 0 aliphatic carbocycles. The number of aromatic amines is 1. The van der Waals surface area contributed by atoms with Crippen molar-refractivity contribution in [3.05, 3.63) is 35.5 Å². The van der Waals surface area contributed by atoms with Crippen LogP contribution in [-0.4, -0.2) is 18.6 Å². The molecule has 1 heterocycles. The van der Waals surface area contributed by atoms with Crippen LogP contribution in [0, 0.1) is 6.92 Å². The third-order valence-corrected chi connectivity index (χ3v) is 4.63. The summed E-state index contributed by atoms with van der Waals surface area (Å²) in [6.07, 6.45) is 0. The third kappa shape index (κ3) is 3.36. The zero-order valence-electron chi connectivity index (χ0n) is 12.6. The van der Waals surface area contributed by atoms with Crippen molar-refractivity contribution in [2.24, 2.45) is 0 Å². The zero-order chi connectivity index (χ0) is 15.8. The van der Waals surface area contributed by atoms with E-state index in [0.29, 0.717) is 11.3 Å². The Bertz CT molecular complexity index is 758. The van der Waals surface area contributed by atoms with Gasteiger partial charge in [-0.2, -0.15) is 5.10 Å². The Kier molecular flexibility index (Phi) is 3.71. The fraction of sp³-hybridized carbons (Fsp3) is 0.357. The number of anilines is 2. The van der Waals surface area contributed by atoms with Crippen molar-refractivity contribution in [3.8, 4) is 0 Å². The van der Waals surface area contributed by atoms with Crippen molar-refractivity contribution in [2.45, 2.75) is 38.0 Å². The minimum atomic E-state index is -3.68. The number of hydrogen-bond acceptors (Lipinski definition) is 4. The molecule has 4 N–H and O–H groups in total. The van der Waals surface area contributed by atoms with E-state index in [4.69, 9.17) is 5.73 Å². The van der Waals surface area contributed by atoms with Gasteiger partial charge in [0.2, 0.25) is 0 Å². The van der Waals surface area contributed by atoms with Gasteiger partial charge in [0.05, 0.1) is 4.90 Å². The molecule has 1 aromatic carbocycles. The second-order valence-electron chi connectivity index (χ2n) is 6.05. The number of nitrogens with zero attached hydrogens (tertiary/aromatic N) is 1. The van der Waals surface area contributed by atoms with Gasteiger partial charge >= 0.3 is 0 Å². The highest BCUT2D eigenvalue weighted by atomic mass is 32.2. The van der Waals surface area contributed by atoms with E-state index in [0.717, 1.165) is 5.69 Å². The Morgan fingerprint density at radius 3 is 2.43 bits per heavy atom. The fourth-order valence-corrected chi connectivity index (χ4v) is 3.14. The van der Waals surface area contributed by atoms with Crippen molar-refractivity contribution in [1.29, 1.82) is 0 Å². The SMILES string of the molecule is Cc1cc(N)ccc1S(=O)(=O)Nc1cc(C(C)(C)C)[nH]n1. The average molecular weight is 308 g/mol. The number of H-pyrrole nitrogens is 1. The molecule has 2 rings (SSSR count). The maximum Gasteiger partial charge on any atom is 0.263 e. The van der Waals surface area contributed by atoms with E-state index in [-0.39, 0.29) is 16.1 Å². The second kappa shape index (κ2) is 5.07. The van der Waals surface area contributed by atoms with Crippen molar-refractivity contribution in [2.75, 3.05) is 10.5 Å². The molecular formula is C14H20N4O2S. The van der Waals surface area contributed by atoms with Gasteiger partial charge in [-0.25, -0.2) is 8.42 Å². The normalized spacial score (nSPS) is 12.4. The van der Waals surface area contributed by atoms with Crippen LogP contribution < -0.4 is 10.5 Å². The lowest BCUT2D eigenvalue weighted by atomic mass is 9.92. The molecule has 0 aliphatic rings. The van der Waals surface area contributed by atoms with Crippen LogP contribution in [0.15, 0.2) is 29.2 Å². The molecule has 0 radical (unpaired) electrons. The number of aromatic nitrogens is 2. The summed E-state index contributed by atoms with van der Waals surface area (Å²) >= 11 is 0. The molecule has 0 atom stereocenters. The summed E-state index contributed by atoms with van der Waals surface area (Å²) in [5.41, 5.74) is 7.49. The highest BCUT2D eigenvalue weighted by molar-refractivity contribution is 7.92. The Morgan fingerprint density at radius 1 is 1.24 bits per heavy atom. The van der Waals surface area contributed by atoms with Crippen LogP contribution in [0.4, 0.5) is 11.5 Å². The molecule has 1 aromatic heterocycles. The molecule has 0 amide bonds. The molecule has 0 saturated carbocycles. The molecule has 114 valence electrons. The minimum Gasteiger partial charge on any atom is -0.399 e. The number of hydrogen-bond donors (Lipinski definition) is 3. The van der Waals surface area contributed by atoms with E-state index >= 15 is 0 Å². The molecule has 7 heteroatoms. The summed E-state index contributed by atoms with van der Waals surface area (Å²) in [5, 5.41) is 6.85. The predicted molar refractivity (Wildman–Crippen MR) is 83.7 cm³/mol. The number of benzene rings is 1. The van der Waals surface area contributed by atoms with Gasteiger partial charge in [-0.05, 0) is 30.7 Å². The number of rotatable bonds is 3. The first-order chi connectivity index (χ1) is 9.59. The summed E-state index contributed by atoms with van der Waals surface area (Å²) in [4.78, 5) is 0.192. The Morgan fingerprint density at radius 2 is 1.90 bits per heavy atom. The van der Waals surface area contributed by atoms with Gasteiger partial charge in [-0.1, -0.05) is 20.8 Å². The molecule has 0 spiro atoms. The Hall–Kier alpha value is -2.02. The molecule has 0 aliphatic heterocycles. The largest absolute Gasteiger partial charge is 0.399 e. The second-order valence-corrected chi connectivity index (χ2v) is 7.70. The van der Waals surface area contributed by atoms with E-state index < -0.39 is 10.0 Å². The zero-order valence-corrected chi connectivity index (χ0v) is 13.4. The van der Waals surface area contributed by atoms with E-state index in [9.17, 15) is 8.42 Å². The summed E-state index contributed by atoms with van der Waals surface area (Å²) < 4.78 is 27.3. The van der Waals surface area contributed by atoms with Gasteiger partial charge in [0.15, 0.2) is 5.82 Å². The highest BCUT2D eigenvalue weighted by Gasteiger charge is 2.21. The summed E-state index contributed by atoms with van der Waals surface area (Å²) in [6, 6.07) is 6.38. The summed E-state index contributed by atoms with van der Waals surface area (Å²) in [6.45, 7) is 7.75. The van der Waals surface area contributed by atoms with Gasteiger partial charge in [-0.3, -0.25) is 9.82 Å². The first-order valence-electron chi connectivity index (χ1n) is 6.54. The van der Waals surface area contributed by atoms with Crippen LogP contribution in [0.1, 0.15) is 32.0 Å². The first-order valence-corrected chi connectivity index (χ1v) is 8.03. The highest BCUT2D eigenvalue weighted by Crippen LogP contribution is 2.24. The molecule has 0 unspecified atom stereocenters. The van der Waals surface area contributed by atoms with Crippen molar-refractivity contribution in [1.82, 2.24) is 10.2 Å². The smallest absolute Gasteiger partial charge is 0.263 e. The lowest BCUT2D eigenvalue weighted by molar-refractivity contribution is 0.567. The number of sulfonamides is 1. The van der Waals surface area contributed by atoms with Crippen LogP contribution >= 0.6 is 0 Å². The third-order valence-electron chi connectivity index (χ3n) is 3.11. The van der Waals surface area contributed by atoms with E-state index in [1.54, 1.807) is 25.1 Å². The summed E-state index contributed by atoms with van der Waals surface area (Å²) in [5.74, 6) is 0.274. The maximum absolute atomic E-state index is 12.4. The van der Waals surface area contributed by atoms with Gasteiger partial charge < -0.3 is 5.73 Å². The van der Waals surface area contributed by atoms with E-state index in [2.05, 4.69) is 14.9 Å². The molecule has 0 bridgehead atoms. The van der Waals surface area contributed by atoms with Crippen LogP contribution in [0.5, 0.6) is 0 Å². The molecule has 6 nitrogen and oxygen atoms in total.